The average Bonchev–Trinajstić information content (AvgIpc) is 3.65. The van der Waals surface area contributed by atoms with E-state index in [0.717, 1.165) is 129 Å². The maximum absolute atomic E-state index is 6.71. The summed E-state index contributed by atoms with van der Waals surface area (Å²) >= 11 is 0. The Labute approximate surface area is 453 Å². The summed E-state index contributed by atoms with van der Waals surface area (Å²) in [4.78, 5) is 5.01. The van der Waals surface area contributed by atoms with Crippen molar-refractivity contribution < 1.29 is 17.7 Å². The lowest BCUT2D eigenvalue weighted by Gasteiger charge is -2.45. The van der Waals surface area contributed by atoms with Crippen LogP contribution in [0.25, 0.3) is 89.2 Å². The molecule has 2 aliphatic rings. The molecule has 6 nitrogen and oxygen atoms in total. The van der Waals surface area contributed by atoms with E-state index in [0.29, 0.717) is 0 Å². The fraction of sp³-hybridized carbons (Fsp3) is 0.127. The summed E-state index contributed by atoms with van der Waals surface area (Å²) in [5, 5.41) is 4.22. The second-order valence-electron chi connectivity index (χ2n) is 23.5. The number of fused-ring (bicyclic) bond motifs is 8. The van der Waals surface area contributed by atoms with E-state index in [2.05, 4.69) is 216 Å². The lowest BCUT2D eigenvalue weighted by atomic mass is 9.33. The van der Waals surface area contributed by atoms with E-state index in [1.54, 1.807) is 0 Å². The number of anilines is 6. The minimum absolute atomic E-state index is 0.112. The van der Waals surface area contributed by atoms with Crippen molar-refractivity contribution in [2.45, 2.75) is 59.3 Å². The Hall–Kier alpha value is -9.20. The molecule has 0 bridgehead atoms. The van der Waals surface area contributed by atoms with E-state index in [9.17, 15) is 0 Å². The molecule has 0 amide bonds. The van der Waals surface area contributed by atoms with Gasteiger partial charge in [0.25, 0.3) is 6.71 Å². The standard InChI is InChI=1S/C71H55BN2O4/c1-42-28-59-69-60(29-42)74(54-34-49(67-38-45-18-10-14-22-63(45)77-67)31-50(35-54)68-39-46-19-11-15-23-64(46)78-68)58-27-25-52(71(5,6)7)41-56(58)72(69)55-40-51(70(2,3)4)24-26-57(55)73(59)53-32-47(65-36-43-16-8-12-20-61(43)75-65)30-48(33-53)66-37-44-17-9-13-21-62(44)76-66/h8-41H,1-7H3. The Morgan fingerprint density at radius 1 is 0.333 bits per heavy atom. The Morgan fingerprint density at radius 3 is 0.962 bits per heavy atom. The molecule has 15 rings (SSSR count). The van der Waals surface area contributed by atoms with Crippen LogP contribution in [0.4, 0.5) is 34.1 Å². The number of benzene rings is 9. The third-order valence-corrected chi connectivity index (χ3v) is 16.1. The summed E-state index contributed by atoms with van der Waals surface area (Å²) in [6.45, 7) is 16.0. The molecule has 0 aliphatic carbocycles. The molecule has 78 heavy (non-hydrogen) atoms. The number of para-hydroxylation sites is 4. The van der Waals surface area contributed by atoms with Gasteiger partial charge in [-0.1, -0.05) is 139 Å². The van der Waals surface area contributed by atoms with Gasteiger partial charge in [0, 0.05) is 77.9 Å². The molecule has 0 atom stereocenters. The smallest absolute Gasteiger partial charge is 0.252 e. The van der Waals surface area contributed by atoms with Gasteiger partial charge in [0.05, 0.1) is 0 Å². The second kappa shape index (κ2) is 16.9. The van der Waals surface area contributed by atoms with Crippen LogP contribution in [0, 0.1) is 6.92 Å². The zero-order chi connectivity index (χ0) is 52.8. The van der Waals surface area contributed by atoms with Crippen LogP contribution >= 0.6 is 0 Å². The van der Waals surface area contributed by atoms with E-state index in [4.69, 9.17) is 17.7 Å². The Kier molecular flexibility index (Phi) is 10.00. The summed E-state index contributed by atoms with van der Waals surface area (Å²) in [6.07, 6.45) is 0. The molecule has 0 radical (unpaired) electrons. The van der Waals surface area contributed by atoms with Crippen molar-refractivity contribution in [1.82, 2.24) is 0 Å². The monoisotopic (exact) mass is 1010 g/mol. The van der Waals surface area contributed by atoms with Crippen molar-refractivity contribution in [2.75, 3.05) is 9.80 Å². The quantitative estimate of drug-likeness (QED) is 0.155. The first-order valence-electron chi connectivity index (χ1n) is 27.1. The van der Waals surface area contributed by atoms with Gasteiger partial charge in [-0.05, 0) is 160 Å². The molecule has 7 heteroatoms. The van der Waals surface area contributed by atoms with Gasteiger partial charge in [-0.2, -0.15) is 0 Å². The van der Waals surface area contributed by atoms with Crippen molar-refractivity contribution in [3.05, 3.63) is 223 Å². The van der Waals surface area contributed by atoms with E-state index < -0.39 is 0 Å². The predicted molar refractivity (Wildman–Crippen MR) is 323 cm³/mol. The van der Waals surface area contributed by atoms with Gasteiger partial charge in [-0.15, -0.1) is 0 Å². The largest absolute Gasteiger partial charge is 0.456 e. The maximum atomic E-state index is 6.71. The molecule has 13 aromatic rings. The van der Waals surface area contributed by atoms with Crippen LogP contribution in [0.3, 0.4) is 0 Å². The average molecular weight is 1010 g/mol. The first-order valence-corrected chi connectivity index (χ1v) is 27.1. The van der Waals surface area contributed by atoms with Crippen LogP contribution in [-0.2, 0) is 10.8 Å². The molecule has 0 spiro atoms. The molecular weight excluding hydrogens is 956 g/mol. The lowest BCUT2D eigenvalue weighted by Crippen LogP contribution is -2.61. The molecule has 0 fully saturated rings. The fourth-order valence-electron chi connectivity index (χ4n) is 12.2. The normalized spacial score (nSPS) is 13.2. The van der Waals surface area contributed by atoms with E-state index >= 15 is 0 Å². The number of furan rings is 4. The minimum Gasteiger partial charge on any atom is -0.456 e. The topological polar surface area (TPSA) is 59.0 Å². The van der Waals surface area contributed by atoms with E-state index in [1.165, 1.54) is 27.5 Å². The summed E-state index contributed by atoms with van der Waals surface area (Å²) < 4.78 is 26.8. The van der Waals surface area contributed by atoms with Gasteiger partial charge in [-0.3, -0.25) is 0 Å². The highest BCUT2D eigenvalue weighted by atomic mass is 16.3. The van der Waals surface area contributed by atoms with Crippen LogP contribution in [0.2, 0.25) is 0 Å². The Balaban J connectivity index is 1.02. The summed E-state index contributed by atoms with van der Waals surface area (Å²) in [5.74, 6) is 3.16. The highest BCUT2D eigenvalue weighted by molar-refractivity contribution is 7.00. The van der Waals surface area contributed by atoms with E-state index in [-0.39, 0.29) is 17.5 Å². The summed E-state index contributed by atoms with van der Waals surface area (Å²) in [6, 6.07) is 74.3. The number of hydrogen-bond donors (Lipinski definition) is 0. The molecule has 0 unspecified atom stereocenters. The molecule has 2 aliphatic heterocycles. The first kappa shape index (κ1) is 46.1. The third-order valence-electron chi connectivity index (χ3n) is 16.1. The minimum atomic E-state index is -0.118. The van der Waals surface area contributed by atoms with Gasteiger partial charge >= 0.3 is 0 Å². The van der Waals surface area contributed by atoms with E-state index in [1.807, 2.05) is 48.5 Å². The van der Waals surface area contributed by atoms with Gasteiger partial charge in [-0.25, -0.2) is 0 Å². The Morgan fingerprint density at radius 2 is 0.654 bits per heavy atom. The van der Waals surface area contributed by atoms with Crippen LogP contribution in [0.1, 0.15) is 58.2 Å². The van der Waals surface area contributed by atoms with Crippen molar-refractivity contribution in [1.29, 1.82) is 0 Å². The zero-order valence-corrected chi connectivity index (χ0v) is 44.7. The van der Waals surface area contributed by atoms with Crippen molar-refractivity contribution in [2.24, 2.45) is 0 Å². The summed E-state index contributed by atoms with van der Waals surface area (Å²) in [7, 11) is 0. The molecule has 4 aromatic heterocycles. The zero-order valence-electron chi connectivity index (χ0n) is 44.7. The highest BCUT2D eigenvalue weighted by Gasteiger charge is 2.45. The van der Waals surface area contributed by atoms with Crippen LogP contribution in [0.15, 0.2) is 224 Å². The molecule has 376 valence electrons. The molecular formula is C71H55BN2O4. The SMILES string of the molecule is Cc1cc2c3c(c1)N(c1cc(-c4cc5ccccc5o4)cc(-c4cc5ccccc5o4)c1)c1ccc(C(C)(C)C)cc1B3c1cc(C(C)(C)C)ccc1N2c1cc(-c2cc3ccccc3o2)cc(-c2cc3ccccc3o2)c1. The molecule has 9 aromatic carbocycles. The molecule has 0 saturated carbocycles. The van der Waals surface area contributed by atoms with Crippen LogP contribution in [0.5, 0.6) is 0 Å². The predicted octanol–water partition coefficient (Wildman–Crippen LogP) is 18.3. The fourth-order valence-corrected chi connectivity index (χ4v) is 12.2. The Bertz CT molecular complexity index is 3990. The molecule has 6 heterocycles. The van der Waals surface area contributed by atoms with Crippen molar-refractivity contribution in [3.8, 4) is 45.3 Å². The van der Waals surface area contributed by atoms with Gasteiger partial charge < -0.3 is 27.5 Å². The van der Waals surface area contributed by atoms with Gasteiger partial charge in [0.1, 0.15) is 45.4 Å². The first-order chi connectivity index (χ1) is 37.8. The van der Waals surface area contributed by atoms with Crippen LogP contribution in [-0.4, -0.2) is 6.71 Å². The van der Waals surface area contributed by atoms with Crippen molar-refractivity contribution >= 4 is 101 Å². The third kappa shape index (κ3) is 7.47. The number of nitrogens with zero attached hydrogens (tertiary/aromatic N) is 2. The van der Waals surface area contributed by atoms with Crippen LogP contribution < -0.4 is 26.2 Å². The number of hydrogen-bond acceptors (Lipinski definition) is 6. The molecule has 0 N–H and O–H groups in total. The lowest BCUT2D eigenvalue weighted by molar-refractivity contribution is 0.590. The highest BCUT2D eigenvalue weighted by Crippen LogP contribution is 2.49. The number of rotatable bonds is 6. The van der Waals surface area contributed by atoms with Gasteiger partial charge in [0.15, 0.2) is 0 Å². The van der Waals surface area contributed by atoms with Gasteiger partial charge in [0.2, 0.25) is 0 Å². The van der Waals surface area contributed by atoms with Crippen molar-refractivity contribution in [3.63, 3.8) is 0 Å². The maximum Gasteiger partial charge on any atom is 0.252 e. The number of aryl methyl sites for hydroxylation is 1. The second-order valence-corrected chi connectivity index (χ2v) is 23.5. The summed E-state index contributed by atoms with van der Waals surface area (Å²) in [5.41, 5.74) is 20.9. The molecule has 0 saturated heterocycles.